The zero-order chi connectivity index (χ0) is 8.97. The van der Waals surface area contributed by atoms with Crippen LogP contribution in [-0.4, -0.2) is 11.8 Å². The third-order valence-electron chi connectivity index (χ3n) is 1.77. The van der Waals surface area contributed by atoms with E-state index in [9.17, 15) is 4.79 Å². The van der Waals surface area contributed by atoms with E-state index in [1.807, 2.05) is 37.3 Å². The Labute approximate surface area is 72.6 Å². The van der Waals surface area contributed by atoms with Crippen LogP contribution in [0.15, 0.2) is 30.3 Å². The lowest BCUT2D eigenvalue weighted by molar-refractivity contribution is -0.117. The highest BCUT2D eigenvalue weighted by molar-refractivity contribution is 5.83. The molecule has 0 bridgehead atoms. The van der Waals surface area contributed by atoms with Gasteiger partial charge >= 0.3 is 0 Å². The Bertz CT molecular complexity index is 256. The summed E-state index contributed by atoms with van der Waals surface area (Å²) in [5.74, 6) is 0.152. The van der Waals surface area contributed by atoms with Gasteiger partial charge in [-0.05, 0) is 26.0 Å². The second kappa shape index (κ2) is 3.90. The topological polar surface area (TPSA) is 29.1 Å². The summed E-state index contributed by atoms with van der Waals surface area (Å²) in [5.41, 5.74) is 0.986. The van der Waals surface area contributed by atoms with Crippen molar-refractivity contribution in [1.29, 1.82) is 0 Å². The van der Waals surface area contributed by atoms with E-state index < -0.39 is 0 Å². The molecular weight excluding hydrogens is 150 g/mol. The highest BCUT2D eigenvalue weighted by atomic mass is 16.1. The minimum atomic E-state index is -0.104. The van der Waals surface area contributed by atoms with Crippen molar-refractivity contribution < 1.29 is 4.79 Å². The maximum Gasteiger partial charge on any atom is 0.151 e. The second-order valence-corrected chi connectivity index (χ2v) is 2.84. The molecule has 2 nitrogen and oxygen atoms in total. The van der Waals surface area contributed by atoms with Crippen LogP contribution in [0.5, 0.6) is 0 Å². The first-order valence-electron chi connectivity index (χ1n) is 4.02. The van der Waals surface area contributed by atoms with Gasteiger partial charge < -0.3 is 5.32 Å². The lowest BCUT2D eigenvalue weighted by atomic mass is 10.2. The number of Topliss-reactive ketones (excluding diaryl/α,β-unsaturated/α-hetero) is 1. The number of para-hydroxylation sites is 1. The van der Waals surface area contributed by atoms with E-state index in [0.717, 1.165) is 5.69 Å². The molecule has 0 aliphatic rings. The van der Waals surface area contributed by atoms with Gasteiger partial charge in [0.2, 0.25) is 0 Å². The van der Waals surface area contributed by atoms with Crippen molar-refractivity contribution in [2.24, 2.45) is 0 Å². The Hall–Kier alpha value is -1.31. The van der Waals surface area contributed by atoms with Crippen molar-refractivity contribution in [1.82, 2.24) is 0 Å². The van der Waals surface area contributed by atoms with Gasteiger partial charge in [0, 0.05) is 5.69 Å². The molecule has 0 saturated heterocycles. The van der Waals surface area contributed by atoms with Crippen LogP contribution in [0.1, 0.15) is 13.8 Å². The number of anilines is 1. The fraction of sp³-hybridized carbons (Fsp3) is 0.300. The fourth-order valence-corrected chi connectivity index (χ4v) is 0.886. The van der Waals surface area contributed by atoms with E-state index >= 15 is 0 Å². The van der Waals surface area contributed by atoms with Crippen molar-refractivity contribution in [3.8, 4) is 0 Å². The predicted octanol–water partition coefficient (Wildman–Crippen LogP) is 2.08. The number of hydrogen-bond acceptors (Lipinski definition) is 2. The van der Waals surface area contributed by atoms with Gasteiger partial charge in [-0.25, -0.2) is 0 Å². The average molecular weight is 163 g/mol. The molecule has 0 radical (unpaired) electrons. The van der Waals surface area contributed by atoms with Crippen molar-refractivity contribution in [2.45, 2.75) is 19.9 Å². The van der Waals surface area contributed by atoms with E-state index in [0.29, 0.717) is 0 Å². The van der Waals surface area contributed by atoms with Crippen LogP contribution in [-0.2, 0) is 4.79 Å². The zero-order valence-electron chi connectivity index (χ0n) is 7.37. The molecule has 1 unspecified atom stereocenters. The van der Waals surface area contributed by atoms with Gasteiger partial charge in [0.05, 0.1) is 6.04 Å². The lowest BCUT2D eigenvalue weighted by Crippen LogP contribution is -2.23. The Morgan fingerprint density at radius 2 is 1.92 bits per heavy atom. The summed E-state index contributed by atoms with van der Waals surface area (Å²) in [6.45, 7) is 3.44. The highest BCUT2D eigenvalue weighted by Crippen LogP contribution is 2.06. The minimum absolute atomic E-state index is 0.104. The first-order valence-corrected chi connectivity index (χ1v) is 4.02. The van der Waals surface area contributed by atoms with Crippen molar-refractivity contribution in [3.63, 3.8) is 0 Å². The average Bonchev–Trinajstić information content (AvgIpc) is 2.06. The molecule has 0 spiro atoms. The number of carbonyl (C=O) groups excluding carboxylic acids is 1. The molecule has 12 heavy (non-hydrogen) atoms. The lowest BCUT2D eigenvalue weighted by Gasteiger charge is -2.10. The van der Waals surface area contributed by atoms with E-state index in [1.165, 1.54) is 0 Å². The maximum atomic E-state index is 10.9. The van der Waals surface area contributed by atoms with Crippen molar-refractivity contribution in [2.75, 3.05) is 5.32 Å². The standard InChI is InChI=1S/C10H13NO/c1-8(9(2)12)11-10-6-4-3-5-7-10/h3-8,11H,1-2H3. The summed E-state index contributed by atoms with van der Waals surface area (Å²) in [5, 5.41) is 3.09. The number of rotatable bonds is 3. The molecule has 0 amide bonds. The summed E-state index contributed by atoms with van der Waals surface area (Å²) < 4.78 is 0. The molecule has 2 heteroatoms. The molecule has 1 aromatic rings. The molecular formula is C10H13NO. The largest absolute Gasteiger partial charge is 0.376 e. The number of hydrogen-bond donors (Lipinski definition) is 1. The van der Waals surface area contributed by atoms with E-state index in [2.05, 4.69) is 5.32 Å². The van der Waals surface area contributed by atoms with Crippen LogP contribution in [0.4, 0.5) is 5.69 Å². The minimum Gasteiger partial charge on any atom is -0.376 e. The molecule has 0 aliphatic carbocycles. The Balaban J connectivity index is 2.58. The predicted molar refractivity (Wildman–Crippen MR) is 50.2 cm³/mol. The van der Waals surface area contributed by atoms with Crippen LogP contribution >= 0.6 is 0 Å². The van der Waals surface area contributed by atoms with E-state index in [4.69, 9.17) is 0 Å². The van der Waals surface area contributed by atoms with Gasteiger partial charge in [-0.2, -0.15) is 0 Å². The summed E-state index contributed by atoms with van der Waals surface area (Å²) >= 11 is 0. The third-order valence-corrected chi connectivity index (χ3v) is 1.77. The first kappa shape index (κ1) is 8.78. The zero-order valence-corrected chi connectivity index (χ0v) is 7.37. The summed E-state index contributed by atoms with van der Waals surface area (Å²) in [4.78, 5) is 10.9. The Morgan fingerprint density at radius 3 is 2.42 bits per heavy atom. The van der Waals surface area contributed by atoms with Gasteiger partial charge in [-0.3, -0.25) is 4.79 Å². The first-order chi connectivity index (χ1) is 5.70. The summed E-state index contributed by atoms with van der Waals surface area (Å²) in [6.07, 6.45) is 0. The van der Waals surface area contributed by atoms with Crippen LogP contribution in [0, 0.1) is 0 Å². The molecule has 1 rings (SSSR count). The van der Waals surface area contributed by atoms with E-state index in [-0.39, 0.29) is 11.8 Å². The SMILES string of the molecule is CC(=O)C(C)Nc1ccccc1. The number of benzene rings is 1. The van der Waals surface area contributed by atoms with E-state index in [1.54, 1.807) is 6.92 Å². The van der Waals surface area contributed by atoms with Gasteiger partial charge in [0.15, 0.2) is 5.78 Å². The molecule has 64 valence electrons. The number of ketones is 1. The molecule has 0 aliphatic heterocycles. The number of nitrogens with one attached hydrogen (secondary N) is 1. The molecule has 1 N–H and O–H groups in total. The molecule has 1 aromatic carbocycles. The summed E-state index contributed by atoms with van der Waals surface area (Å²) in [6, 6.07) is 9.61. The maximum absolute atomic E-state index is 10.9. The highest BCUT2D eigenvalue weighted by Gasteiger charge is 2.05. The van der Waals surface area contributed by atoms with Crippen LogP contribution in [0.2, 0.25) is 0 Å². The number of carbonyl (C=O) groups is 1. The normalized spacial score (nSPS) is 12.2. The van der Waals surface area contributed by atoms with Crippen LogP contribution < -0.4 is 5.32 Å². The van der Waals surface area contributed by atoms with Crippen LogP contribution in [0.25, 0.3) is 0 Å². The molecule has 0 saturated carbocycles. The van der Waals surface area contributed by atoms with Crippen molar-refractivity contribution in [3.05, 3.63) is 30.3 Å². The Morgan fingerprint density at radius 1 is 1.33 bits per heavy atom. The second-order valence-electron chi connectivity index (χ2n) is 2.84. The van der Waals surface area contributed by atoms with Gasteiger partial charge in [0.25, 0.3) is 0 Å². The molecule has 0 aromatic heterocycles. The third kappa shape index (κ3) is 2.38. The quantitative estimate of drug-likeness (QED) is 0.739. The molecule has 1 atom stereocenters. The smallest absolute Gasteiger partial charge is 0.151 e. The van der Waals surface area contributed by atoms with Gasteiger partial charge in [-0.1, -0.05) is 18.2 Å². The monoisotopic (exact) mass is 163 g/mol. The van der Waals surface area contributed by atoms with Crippen molar-refractivity contribution >= 4 is 11.5 Å². The van der Waals surface area contributed by atoms with Gasteiger partial charge in [0.1, 0.15) is 0 Å². The van der Waals surface area contributed by atoms with Crippen LogP contribution in [0.3, 0.4) is 0 Å². The molecule has 0 fully saturated rings. The fourth-order valence-electron chi connectivity index (χ4n) is 0.886. The molecule has 0 heterocycles. The Kier molecular flexibility index (Phi) is 2.86. The summed E-state index contributed by atoms with van der Waals surface area (Å²) in [7, 11) is 0. The van der Waals surface area contributed by atoms with Gasteiger partial charge in [-0.15, -0.1) is 0 Å².